The lowest BCUT2D eigenvalue weighted by Gasteiger charge is -2.15. The first-order valence-corrected chi connectivity index (χ1v) is 7.76. The Morgan fingerprint density at radius 2 is 2.33 bits per heavy atom. The molecular weight excluding hydrogens is 264 g/mol. The zero-order valence-corrected chi connectivity index (χ0v) is 12.0. The largest absolute Gasteiger partial charge is 0.359 e. The van der Waals surface area contributed by atoms with Crippen molar-refractivity contribution in [3.8, 4) is 0 Å². The van der Waals surface area contributed by atoms with E-state index >= 15 is 0 Å². The molecule has 0 amide bonds. The van der Waals surface area contributed by atoms with E-state index in [1.807, 2.05) is 18.2 Å². The molecule has 1 aromatic carbocycles. The van der Waals surface area contributed by atoms with Crippen LogP contribution in [0.1, 0.15) is 32.6 Å². The van der Waals surface area contributed by atoms with E-state index in [1.54, 1.807) is 11.3 Å². The van der Waals surface area contributed by atoms with Gasteiger partial charge in [0.25, 0.3) is 0 Å². The van der Waals surface area contributed by atoms with Gasteiger partial charge in [-0.1, -0.05) is 42.7 Å². The molecule has 1 atom stereocenters. The van der Waals surface area contributed by atoms with Crippen LogP contribution in [0.15, 0.2) is 18.2 Å². The Kier molecular flexibility index (Phi) is 3.44. The van der Waals surface area contributed by atoms with Crippen LogP contribution in [0.5, 0.6) is 0 Å². The van der Waals surface area contributed by atoms with Gasteiger partial charge in [0.1, 0.15) is 0 Å². The quantitative estimate of drug-likeness (QED) is 0.839. The number of aromatic nitrogens is 1. The van der Waals surface area contributed by atoms with Crippen molar-refractivity contribution in [2.24, 2.45) is 5.92 Å². The minimum atomic E-state index is 0.563. The van der Waals surface area contributed by atoms with Crippen LogP contribution in [0, 0.1) is 5.92 Å². The second-order valence-corrected chi connectivity index (χ2v) is 6.53. The number of halogens is 1. The molecule has 0 bridgehead atoms. The van der Waals surface area contributed by atoms with Crippen molar-refractivity contribution in [3.63, 3.8) is 0 Å². The summed E-state index contributed by atoms with van der Waals surface area (Å²) in [4.78, 5) is 4.61. The Morgan fingerprint density at radius 3 is 3.06 bits per heavy atom. The summed E-state index contributed by atoms with van der Waals surface area (Å²) in [5.41, 5.74) is 0.997. The second-order valence-electron chi connectivity index (χ2n) is 5.06. The Morgan fingerprint density at radius 1 is 1.50 bits per heavy atom. The van der Waals surface area contributed by atoms with E-state index in [4.69, 9.17) is 11.6 Å². The number of thiazole rings is 1. The van der Waals surface area contributed by atoms with Gasteiger partial charge in [0.2, 0.25) is 0 Å². The summed E-state index contributed by atoms with van der Waals surface area (Å²) in [5, 5.41) is 5.35. The van der Waals surface area contributed by atoms with Crippen LogP contribution in [0.25, 0.3) is 10.2 Å². The van der Waals surface area contributed by atoms with E-state index in [1.165, 1.54) is 24.0 Å². The van der Waals surface area contributed by atoms with Gasteiger partial charge in [0.05, 0.1) is 10.2 Å². The van der Waals surface area contributed by atoms with Crippen molar-refractivity contribution in [2.45, 2.75) is 38.6 Å². The third kappa shape index (κ3) is 2.78. The number of nitrogens with zero attached hydrogens (tertiary/aromatic N) is 1. The second kappa shape index (κ2) is 5.06. The number of fused-ring (bicyclic) bond motifs is 1. The minimum absolute atomic E-state index is 0.563. The van der Waals surface area contributed by atoms with Crippen molar-refractivity contribution in [3.05, 3.63) is 23.2 Å². The smallest absolute Gasteiger partial charge is 0.184 e. The van der Waals surface area contributed by atoms with Gasteiger partial charge in [-0.15, -0.1) is 0 Å². The van der Waals surface area contributed by atoms with Gasteiger partial charge in [0, 0.05) is 11.1 Å². The maximum absolute atomic E-state index is 5.98. The first kappa shape index (κ1) is 12.2. The van der Waals surface area contributed by atoms with Crippen LogP contribution in [-0.4, -0.2) is 11.0 Å². The molecule has 1 unspecified atom stereocenters. The maximum atomic E-state index is 5.98. The molecule has 4 heteroatoms. The molecule has 1 N–H and O–H groups in total. The number of anilines is 1. The fourth-order valence-electron chi connectivity index (χ4n) is 2.22. The monoisotopic (exact) mass is 280 g/mol. The summed E-state index contributed by atoms with van der Waals surface area (Å²) >= 11 is 7.70. The van der Waals surface area contributed by atoms with Crippen LogP contribution in [-0.2, 0) is 0 Å². The molecular formula is C14H17ClN2S. The third-order valence-corrected chi connectivity index (χ3v) is 4.69. The van der Waals surface area contributed by atoms with Gasteiger partial charge in [0.15, 0.2) is 5.13 Å². The van der Waals surface area contributed by atoms with Crippen LogP contribution in [0.2, 0.25) is 5.02 Å². The highest BCUT2D eigenvalue weighted by Crippen LogP contribution is 2.35. The number of rotatable bonds is 5. The highest BCUT2D eigenvalue weighted by Gasteiger charge is 2.25. The highest BCUT2D eigenvalue weighted by molar-refractivity contribution is 7.22. The summed E-state index contributed by atoms with van der Waals surface area (Å²) < 4.78 is 1.20. The van der Waals surface area contributed by atoms with Crippen molar-refractivity contribution >= 4 is 38.3 Å². The number of hydrogen-bond donors (Lipinski definition) is 1. The molecule has 2 nitrogen and oxygen atoms in total. The molecule has 0 radical (unpaired) electrons. The predicted octanol–water partition coefficient (Wildman–Crippen LogP) is 4.94. The van der Waals surface area contributed by atoms with Gasteiger partial charge in [-0.3, -0.25) is 0 Å². The lowest BCUT2D eigenvalue weighted by molar-refractivity contribution is 0.587. The average molecular weight is 281 g/mol. The van der Waals surface area contributed by atoms with Crippen molar-refractivity contribution in [1.82, 2.24) is 4.98 Å². The summed E-state index contributed by atoms with van der Waals surface area (Å²) in [6.07, 6.45) is 5.27. The third-order valence-electron chi connectivity index (χ3n) is 3.48. The molecule has 1 aliphatic rings. The Bertz CT molecular complexity index is 548. The molecule has 1 heterocycles. The predicted molar refractivity (Wildman–Crippen MR) is 79.7 cm³/mol. The van der Waals surface area contributed by atoms with E-state index in [0.717, 1.165) is 28.0 Å². The van der Waals surface area contributed by atoms with Crippen molar-refractivity contribution < 1.29 is 0 Å². The molecule has 1 aromatic heterocycles. The van der Waals surface area contributed by atoms with Crippen molar-refractivity contribution in [2.75, 3.05) is 5.32 Å². The Hall–Kier alpha value is -0.800. The van der Waals surface area contributed by atoms with Gasteiger partial charge in [-0.05, 0) is 37.0 Å². The normalized spacial score (nSPS) is 17.0. The van der Waals surface area contributed by atoms with E-state index in [2.05, 4.69) is 17.2 Å². The first-order chi connectivity index (χ1) is 8.74. The summed E-state index contributed by atoms with van der Waals surface area (Å²) in [6.45, 7) is 2.24. The molecule has 2 aromatic rings. The van der Waals surface area contributed by atoms with Crippen LogP contribution >= 0.6 is 22.9 Å². The molecule has 18 heavy (non-hydrogen) atoms. The topological polar surface area (TPSA) is 24.9 Å². The fourth-order valence-corrected chi connectivity index (χ4v) is 3.31. The van der Waals surface area contributed by atoms with Crippen LogP contribution in [0.3, 0.4) is 0 Å². The lowest BCUT2D eigenvalue weighted by atomic mass is 10.1. The molecule has 0 spiro atoms. The van der Waals surface area contributed by atoms with Gasteiger partial charge in [-0.2, -0.15) is 0 Å². The highest BCUT2D eigenvalue weighted by atomic mass is 35.5. The van der Waals surface area contributed by atoms with E-state index in [0.29, 0.717) is 6.04 Å². The van der Waals surface area contributed by atoms with Gasteiger partial charge >= 0.3 is 0 Å². The molecule has 1 fully saturated rings. The van der Waals surface area contributed by atoms with Crippen molar-refractivity contribution in [1.29, 1.82) is 0 Å². The SMILES string of the molecule is CCC(CC1CC1)Nc1nc2cc(Cl)ccc2s1. The van der Waals surface area contributed by atoms with Crippen LogP contribution in [0.4, 0.5) is 5.13 Å². The Balaban J connectivity index is 1.76. The van der Waals surface area contributed by atoms with E-state index < -0.39 is 0 Å². The molecule has 1 aliphatic carbocycles. The molecule has 0 saturated heterocycles. The standard InChI is InChI=1S/C14H17ClN2S/c1-2-11(7-9-3-4-9)16-14-17-12-8-10(15)5-6-13(12)18-14/h5-6,8-9,11H,2-4,7H2,1H3,(H,16,17). The van der Waals surface area contributed by atoms with Crippen LogP contribution < -0.4 is 5.32 Å². The minimum Gasteiger partial charge on any atom is -0.359 e. The molecule has 0 aliphatic heterocycles. The molecule has 3 rings (SSSR count). The van der Waals surface area contributed by atoms with E-state index in [9.17, 15) is 0 Å². The summed E-state index contributed by atoms with van der Waals surface area (Å²) in [5.74, 6) is 0.950. The summed E-state index contributed by atoms with van der Waals surface area (Å²) in [7, 11) is 0. The first-order valence-electron chi connectivity index (χ1n) is 6.57. The number of hydrogen-bond acceptors (Lipinski definition) is 3. The molecule has 1 saturated carbocycles. The fraction of sp³-hybridized carbons (Fsp3) is 0.500. The van der Waals surface area contributed by atoms with Gasteiger partial charge < -0.3 is 5.32 Å². The average Bonchev–Trinajstić information content (AvgIpc) is 3.07. The number of nitrogens with one attached hydrogen (secondary N) is 1. The summed E-state index contributed by atoms with van der Waals surface area (Å²) in [6, 6.07) is 6.46. The zero-order valence-electron chi connectivity index (χ0n) is 10.4. The molecule has 96 valence electrons. The number of benzene rings is 1. The zero-order chi connectivity index (χ0) is 12.5. The van der Waals surface area contributed by atoms with E-state index in [-0.39, 0.29) is 0 Å². The van der Waals surface area contributed by atoms with Gasteiger partial charge in [-0.25, -0.2) is 4.98 Å². The lowest BCUT2D eigenvalue weighted by Crippen LogP contribution is -2.18. The Labute approximate surface area is 116 Å². The maximum Gasteiger partial charge on any atom is 0.184 e.